The molecule has 0 radical (unpaired) electrons. The van der Waals surface area contributed by atoms with Crippen molar-refractivity contribution in [2.45, 2.75) is 19.9 Å². The summed E-state index contributed by atoms with van der Waals surface area (Å²) in [6, 6.07) is 9.59. The molecule has 4 heteroatoms. The predicted octanol–water partition coefficient (Wildman–Crippen LogP) is 3.33. The standard InChI is InChI=1S/C14H16N2OS/c1-9-7-8-18-13(9)10(2)16-12-5-3-11(4-6-12)14(15)17/h3-8,10,16H,1-2H3,(H2,15,17). The summed E-state index contributed by atoms with van der Waals surface area (Å²) in [5.41, 5.74) is 8.02. The van der Waals surface area contributed by atoms with Crippen LogP contribution in [0.15, 0.2) is 35.7 Å². The van der Waals surface area contributed by atoms with Crippen LogP contribution in [0.4, 0.5) is 5.69 Å². The predicted molar refractivity (Wildman–Crippen MR) is 76.1 cm³/mol. The van der Waals surface area contributed by atoms with Gasteiger partial charge in [0.15, 0.2) is 0 Å². The molecule has 18 heavy (non-hydrogen) atoms. The number of carbonyl (C=O) groups excluding carboxylic acids is 1. The fourth-order valence-corrected chi connectivity index (χ4v) is 2.81. The molecule has 2 rings (SSSR count). The van der Waals surface area contributed by atoms with Crippen molar-refractivity contribution < 1.29 is 4.79 Å². The Labute approximate surface area is 111 Å². The highest BCUT2D eigenvalue weighted by molar-refractivity contribution is 7.10. The largest absolute Gasteiger partial charge is 0.378 e. The van der Waals surface area contributed by atoms with E-state index >= 15 is 0 Å². The maximum atomic E-state index is 11.0. The topological polar surface area (TPSA) is 55.1 Å². The van der Waals surface area contributed by atoms with Gasteiger partial charge < -0.3 is 11.1 Å². The number of carbonyl (C=O) groups is 1. The van der Waals surface area contributed by atoms with Gasteiger partial charge in [-0.2, -0.15) is 0 Å². The molecule has 2 aromatic rings. The lowest BCUT2D eigenvalue weighted by Crippen LogP contribution is -2.11. The highest BCUT2D eigenvalue weighted by Gasteiger charge is 2.09. The summed E-state index contributed by atoms with van der Waals surface area (Å²) in [5.74, 6) is -0.399. The van der Waals surface area contributed by atoms with E-state index in [0.29, 0.717) is 5.56 Å². The zero-order chi connectivity index (χ0) is 13.1. The molecule has 0 aliphatic carbocycles. The summed E-state index contributed by atoms with van der Waals surface area (Å²) >= 11 is 1.75. The average molecular weight is 260 g/mol. The van der Waals surface area contributed by atoms with E-state index in [1.54, 1.807) is 23.5 Å². The average Bonchev–Trinajstić information content (AvgIpc) is 2.76. The lowest BCUT2D eigenvalue weighted by molar-refractivity contribution is 0.100. The highest BCUT2D eigenvalue weighted by Crippen LogP contribution is 2.26. The van der Waals surface area contributed by atoms with Gasteiger partial charge in [-0.1, -0.05) is 0 Å². The smallest absolute Gasteiger partial charge is 0.248 e. The first-order chi connectivity index (χ1) is 8.58. The summed E-state index contributed by atoms with van der Waals surface area (Å²) in [7, 11) is 0. The second-order valence-corrected chi connectivity index (χ2v) is 5.22. The molecular formula is C14H16N2OS. The Balaban J connectivity index is 2.10. The molecule has 3 nitrogen and oxygen atoms in total. The number of hydrogen-bond donors (Lipinski definition) is 2. The quantitative estimate of drug-likeness (QED) is 0.886. The van der Waals surface area contributed by atoms with E-state index in [1.165, 1.54) is 10.4 Å². The van der Waals surface area contributed by atoms with Gasteiger partial charge in [0, 0.05) is 16.1 Å². The Morgan fingerprint density at radius 2 is 1.94 bits per heavy atom. The van der Waals surface area contributed by atoms with Gasteiger partial charge in [0.05, 0.1) is 6.04 Å². The minimum Gasteiger partial charge on any atom is -0.378 e. The van der Waals surface area contributed by atoms with Crippen LogP contribution in [0.5, 0.6) is 0 Å². The van der Waals surface area contributed by atoms with Crippen molar-refractivity contribution in [3.05, 3.63) is 51.7 Å². The van der Waals surface area contributed by atoms with Crippen molar-refractivity contribution in [2.75, 3.05) is 5.32 Å². The number of benzene rings is 1. The number of nitrogens with one attached hydrogen (secondary N) is 1. The summed E-state index contributed by atoms with van der Waals surface area (Å²) in [6.07, 6.45) is 0. The minimum absolute atomic E-state index is 0.254. The van der Waals surface area contributed by atoms with Crippen LogP contribution in [0.3, 0.4) is 0 Å². The molecule has 3 N–H and O–H groups in total. The molecule has 1 heterocycles. The van der Waals surface area contributed by atoms with Crippen molar-refractivity contribution >= 4 is 22.9 Å². The molecule has 0 bridgehead atoms. The van der Waals surface area contributed by atoms with Gasteiger partial charge in [-0.15, -0.1) is 11.3 Å². The number of anilines is 1. The van der Waals surface area contributed by atoms with E-state index in [-0.39, 0.29) is 6.04 Å². The summed E-state index contributed by atoms with van der Waals surface area (Å²) < 4.78 is 0. The van der Waals surface area contributed by atoms with E-state index < -0.39 is 5.91 Å². The van der Waals surface area contributed by atoms with Gasteiger partial charge in [-0.25, -0.2) is 0 Å². The second-order valence-electron chi connectivity index (χ2n) is 4.28. The molecule has 1 aromatic carbocycles. The molecular weight excluding hydrogens is 244 g/mol. The van der Waals surface area contributed by atoms with E-state index in [4.69, 9.17) is 5.73 Å². The Kier molecular flexibility index (Phi) is 3.67. The number of nitrogens with two attached hydrogens (primary N) is 1. The number of amides is 1. The van der Waals surface area contributed by atoms with Crippen LogP contribution in [0.25, 0.3) is 0 Å². The molecule has 1 unspecified atom stereocenters. The van der Waals surface area contributed by atoms with Crippen LogP contribution < -0.4 is 11.1 Å². The lowest BCUT2D eigenvalue weighted by Gasteiger charge is -2.15. The monoisotopic (exact) mass is 260 g/mol. The van der Waals surface area contributed by atoms with Crippen LogP contribution in [0, 0.1) is 6.92 Å². The van der Waals surface area contributed by atoms with E-state index in [9.17, 15) is 4.79 Å². The van der Waals surface area contributed by atoms with Crippen LogP contribution in [-0.2, 0) is 0 Å². The molecule has 1 atom stereocenters. The van der Waals surface area contributed by atoms with Crippen molar-refractivity contribution in [3.8, 4) is 0 Å². The van der Waals surface area contributed by atoms with Crippen molar-refractivity contribution in [3.63, 3.8) is 0 Å². The number of primary amides is 1. The van der Waals surface area contributed by atoms with E-state index in [0.717, 1.165) is 5.69 Å². The molecule has 1 amide bonds. The molecule has 0 spiro atoms. The number of hydrogen-bond acceptors (Lipinski definition) is 3. The Bertz CT molecular complexity index is 545. The fourth-order valence-electron chi connectivity index (χ4n) is 1.87. The molecule has 0 aliphatic rings. The Morgan fingerprint density at radius 1 is 1.28 bits per heavy atom. The fraction of sp³-hybridized carbons (Fsp3) is 0.214. The zero-order valence-corrected chi connectivity index (χ0v) is 11.3. The molecule has 0 aliphatic heterocycles. The zero-order valence-electron chi connectivity index (χ0n) is 10.4. The maximum Gasteiger partial charge on any atom is 0.248 e. The van der Waals surface area contributed by atoms with Crippen LogP contribution in [0.1, 0.15) is 33.8 Å². The van der Waals surface area contributed by atoms with Gasteiger partial charge in [0.1, 0.15) is 0 Å². The van der Waals surface area contributed by atoms with Gasteiger partial charge in [-0.05, 0) is 55.1 Å². The third-order valence-electron chi connectivity index (χ3n) is 2.85. The van der Waals surface area contributed by atoms with Crippen molar-refractivity contribution in [2.24, 2.45) is 5.73 Å². The Morgan fingerprint density at radius 3 is 2.44 bits per heavy atom. The first kappa shape index (κ1) is 12.6. The molecule has 1 aromatic heterocycles. The van der Waals surface area contributed by atoms with Gasteiger partial charge >= 0.3 is 0 Å². The first-order valence-electron chi connectivity index (χ1n) is 5.78. The van der Waals surface area contributed by atoms with Gasteiger partial charge in [0.25, 0.3) is 0 Å². The highest BCUT2D eigenvalue weighted by atomic mass is 32.1. The number of thiophene rings is 1. The molecule has 94 valence electrons. The normalized spacial score (nSPS) is 12.1. The molecule has 0 saturated carbocycles. The van der Waals surface area contributed by atoms with Crippen molar-refractivity contribution in [1.82, 2.24) is 0 Å². The summed E-state index contributed by atoms with van der Waals surface area (Å²) in [5, 5.41) is 5.51. The number of aryl methyl sites for hydroxylation is 1. The molecule has 0 saturated heterocycles. The third-order valence-corrected chi connectivity index (χ3v) is 4.05. The first-order valence-corrected chi connectivity index (χ1v) is 6.66. The van der Waals surface area contributed by atoms with Crippen LogP contribution in [0.2, 0.25) is 0 Å². The van der Waals surface area contributed by atoms with Crippen LogP contribution in [-0.4, -0.2) is 5.91 Å². The second kappa shape index (κ2) is 5.23. The minimum atomic E-state index is -0.399. The Hall–Kier alpha value is -1.81. The van der Waals surface area contributed by atoms with Gasteiger partial charge in [-0.3, -0.25) is 4.79 Å². The maximum absolute atomic E-state index is 11.0. The van der Waals surface area contributed by atoms with Gasteiger partial charge in [0.2, 0.25) is 5.91 Å². The molecule has 0 fully saturated rings. The van der Waals surface area contributed by atoms with Crippen molar-refractivity contribution in [1.29, 1.82) is 0 Å². The van der Waals surface area contributed by atoms with Crippen LogP contribution >= 0.6 is 11.3 Å². The number of rotatable bonds is 4. The summed E-state index contributed by atoms with van der Waals surface area (Å²) in [6.45, 7) is 4.24. The lowest BCUT2D eigenvalue weighted by atomic mass is 10.1. The summed E-state index contributed by atoms with van der Waals surface area (Å²) in [4.78, 5) is 12.3. The van der Waals surface area contributed by atoms with E-state index in [2.05, 4.69) is 30.6 Å². The SMILES string of the molecule is Cc1ccsc1C(C)Nc1ccc(C(N)=O)cc1. The third kappa shape index (κ3) is 2.71. The van der Waals surface area contributed by atoms with E-state index in [1.807, 2.05) is 12.1 Å².